The van der Waals surface area contributed by atoms with Gasteiger partial charge in [-0.05, 0) is 35.9 Å². The van der Waals surface area contributed by atoms with Crippen molar-refractivity contribution in [2.75, 3.05) is 13.2 Å². The Balaban J connectivity index is 1.70. The molecule has 0 aromatic heterocycles. The van der Waals surface area contributed by atoms with Crippen molar-refractivity contribution in [2.45, 2.75) is 6.42 Å². The number of hydrogen-bond donors (Lipinski definition) is 1. The predicted octanol–water partition coefficient (Wildman–Crippen LogP) is 3.84. The molecule has 1 N–H and O–H groups in total. The van der Waals surface area contributed by atoms with Crippen molar-refractivity contribution >= 4 is 33.4 Å². The van der Waals surface area contributed by atoms with Crippen LogP contribution in [0.4, 0.5) is 0 Å². The molecule has 2 aromatic rings. The smallest absolute Gasteiger partial charge is 0.224 e. The summed E-state index contributed by atoms with van der Waals surface area (Å²) in [7, 11) is 0. The van der Waals surface area contributed by atoms with E-state index in [2.05, 4.69) is 21.2 Å². The van der Waals surface area contributed by atoms with Gasteiger partial charge < -0.3 is 10.1 Å². The lowest BCUT2D eigenvalue weighted by Gasteiger charge is -2.08. The number of nitrogens with one attached hydrogen (secondary N) is 1. The van der Waals surface area contributed by atoms with Gasteiger partial charge in [-0.2, -0.15) is 0 Å². The maximum Gasteiger partial charge on any atom is 0.224 e. The molecule has 0 radical (unpaired) electrons. The normalized spacial score (nSPS) is 10.2. The summed E-state index contributed by atoms with van der Waals surface area (Å²) < 4.78 is 6.44. The monoisotopic (exact) mass is 367 g/mol. The molecule has 5 heteroatoms. The molecule has 0 saturated heterocycles. The second kappa shape index (κ2) is 8.05. The average Bonchev–Trinajstić information content (AvgIpc) is 2.48. The Bertz CT molecular complexity index is 601. The first kappa shape index (κ1) is 15.9. The predicted molar refractivity (Wildman–Crippen MR) is 87.8 cm³/mol. The van der Waals surface area contributed by atoms with Gasteiger partial charge >= 0.3 is 0 Å². The van der Waals surface area contributed by atoms with Crippen molar-refractivity contribution in [3.05, 3.63) is 63.6 Å². The molecule has 0 aliphatic carbocycles. The van der Waals surface area contributed by atoms with Gasteiger partial charge in [0.1, 0.15) is 12.4 Å². The lowest BCUT2D eigenvalue weighted by molar-refractivity contribution is -0.120. The minimum Gasteiger partial charge on any atom is -0.492 e. The van der Waals surface area contributed by atoms with Crippen LogP contribution in [0.3, 0.4) is 0 Å². The van der Waals surface area contributed by atoms with E-state index in [0.29, 0.717) is 24.6 Å². The van der Waals surface area contributed by atoms with Crippen LogP contribution >= 0.6 is 27.5 Å². The van der Waals surface area contributed by atoms with Crippen LogP contribution in [0.15, 0.2) is 53.0 Å². The molecule has 1 amide bonds. The minimum absolute atomic E-state index is 0.0263. The molecular weight excluding hydrogens is 354 g/mol. The van der Waals surface area contributed by atoms with Crippen LogP contribution in [0.1, 0.15) is 5.56 Å². The fourth-order valence-corrected chi connectivity index (χ4v) is 2.32. The van der Waals surface area contributed by atoms with E-state index in [4.69, 9.17) is 16.3 Å². The van der Waals surface area contributed by atoms with Gasteiger partial charge in [-0.25, -0.2) is 0 Å². The molecule has 2 aromatic carbocycles. The first-order valence-electron chi connectivity index (χ1n) is 6.53. The van der Waals surface area contributed by atoms with Crippen molar-refractivity contribution in [3.63, 3.8) is 0 Å². The molecule has 0 atom stereocenters. The Labute approximate surface area is 137 Å². The van der Waals surface area contributed by atoms with Crippen LogP contribution < -0.4 is 10.1 Å². The molecule has 0 aliphatic rings. The number of halogens is 2. The molecule has 3 nitrogen and oxygen atoms in total. The Kier molecular flexibility index (Phi) is 6.08. The zero-order valence-electron chi connectivity index (χ0n) is 11.3. The summed E-state index contributed by atoms with van der Waals surface area (Å²) in [5.74, 6) is 0.709. The van der Waals surface area contributed by atoms with E-state index >= 15 is 0 Å². The van der Waals surface area contributed by atoms with E-state index in [1.165, 1.54) is 0 Å². The third-order valence-corrected chi connectivity index (χ3v) is 3.84. The second-order valence-electron chi connectivity index (χ2n) is 4.42. The highest BCUT2D eigenvalue weighted by atomic mass is 79.9. The highest BCUT2D eigenvalue weighted by Gasteiger charge is 2.05. The molecule has 0 aliphatic heterocycles. The van der Waals surface area contributed by atoms with Gasteiger partial charge in [-0.1, -0.05) is 45.7 Å². The molecule has 0 bridgehead atoms. The van der Waals surface area contributed by atoms with E-state index < -0.39 is 0 Å². The summed E-state index contributed by atoms with van der Waals surface area (Å²) in [4.78, 5) is 11.8. The zero-order valence-corrected chi connectivity index (χ0v) is 13.7. The van der Waals surface area contributed by atoms with Crippen LogP contribution in [0, 0.1) is 0 Å². The summed E-state index contributed by atoms with van der Waals surface area (Å²) in [6.45, 7) is 0.884. The van der Waals surface area contributed by atoms with Gasteiger partial charge in [0.25, 0.3) is 0 Å². The average molecular weight is 369 g/mol. The van der Waals surface area contributed by atoms with Crippen molar-refractivity contribution in [1.29, 1.82) is 0 Å². The van der Waals surface area contributed by atoms with Crippen LogP contribution in [-0.2, 0) is 11.2 Å². The number of rotatable bonds is 6. The number of amides is 1. The SMILES string of the molecule is O=C(Cc1ccccc1Br)NCCOc1ccc(Cl)cc1. The first-order chi connectivity index (χ1) is 10.1. The zero-order chi connectivity index (χ0) is 15.1. The highest BCUT2D eigenvalue weighted by molar-refractivity contribution is 9.10. The van der Waals surface area contributed by atoms with Crippen molar-refractivity contribution in [3.8, 4) is 5.75 Å². The van der Waals surface area contributed by atoms with E-state index in [0.717, 1.165) is 15.8 Å². The molecule has 0 fully saturated rings. The molecule has 0 unspecified atom stereocenters. The number of carbonyl (C=O) groups excluding carboxylic acids is 1. The lowest BCUT2D eigenvalue weighted by Crippen LogP contribution is -2.29. The summed E-state index contributed by atoms with van der Waals surface area (Å²) in [6.07, 6.45) is 0.350. The van der Waals surface area contributed by atoms with Gasteiger partial charge in [0.2, 0.25) is 5.91 Å². The van der Waals surface area contributed by atoms with Crippen LogP contribution in [0.25, 0.3) is 0 Å². The fourth-order valence-electron chi connectivity index (χ4n) is 1.77. The first-order valence-corrected chi connectivity index (χ1v) is 7.71. The molecular formula is C16H15BrClNO2. The summed E-state index contributed by atoms with van der Waals surface area (Å²) in [5, 5.41) is 3.50. The Hall–Kier alpha value is -1.52. The number of hydrogen-bond acceptors (Lipinski definition) is 2. The third-order valence-electron chi connectivity index (χ3n) is 2.82. The number of benzene rings is 2. The van der Waals surface area contributed by atoms with Gasteiger partial charge in [0, 0.05) is 9.50 Å². The highest BCUT2D eigenvalue weighted by Crippen LogP contribution is 2.16. The van der Waals surface area contributed by atoms with Crippen molar-refractivity contribution in [1.82, 2.24) is 5.32 Å². The minimum atomic E-state index is -0.0263. The number of ether oxygens (including phenoxy) is 1. The van der Waals surface area contributed by atoms with Crippen LogP contribution in [0.2, 0.25) is 5.02 Å². The van der Waals surface area contributed by atoms with E-state index in [9.17, 15) is 4.79 Å². The Morgan fingerprint density at radius 3 is 2.57 bits per heavy atom. The maximum atomic E-state index is 11.8. The quantitative estimate of drug-likeness (QED) is 0.787. The molecule has 2 rings (SSSR count). The van der Waals surface area contributed by atoms with Gasteiger partial charge in [-0.15, -0.1) is 0 Å². The second-order valence-corrected chi connectivity index (χ2v) is 5.71. The standard InChI is InChI=1S/C16H15BrClNO2/c17-15-4-2-1-3-12(15)11-16(20)19-9-10-21-14-7-5-13(18)6-8-14/h1-8H,9-11H2,(H,19,20). The fraction of sp³-hybridized carbons (Fsp3) is 0.188. The maximum absolute atomic E-state index is 11.8. The number of carbonyl (C=O) groups is 1. The van der Waals surface area contributed by atoms with Gasteiger partial charge in [0.05, 0.1) is 13.0 Å². The molecule has 110 valence electrons. The molecule has 0 heterocycles. The Morgan fingerprint density at radius 1 is 1.14 bits per heavy atom. The van der Waals surface area contributed by atoms with E-state index in [1.54, 1.807) is 24.3 Å². The molecule has 21 heavy (non-hydrogen) atoms. The van der Waals surface area contributed by atoms with Crippen LogP contribution in [0.5, 0.6) is 5.75 Å². The van der Waals surface area contributed by atoms with Crippen molar-refractivity contribution in [2.24, 2.45) is 0 Å². The summed E-state index contributed by atoms with van der Waals surface area (Å²) >= 11 is 9.22. The topological polar surface area (TPSA) is 38.3 Å². The van der Waals surface area contributed by atoms with Gasteiger partial charge in [0.15, 0.2) is 0 Å². The lowest BCUT2D eigenvalue weighted by atomic mass is 10.1. The van der Waals surface area contributed by atoms with Crippen LogP contribution in [-0.4, -0.2) is 19.1 Å². The summed E-state index contributed by atoms with van der Waals surface area (Å²) in [6, 6.07) is 14.8. The largest absolute Gasteiger partial charge is 0.492 e. The van der Waals surface area contributed by atoms with Gasteiger partial charge in [-0.3, -0.25) is 4.79 Å². The van der Waals surface area contributed by atoms with E-state index in [-0.39, 0.29) is 5.91 Å². The van der Waals surface area contributed by atoms with Crippen molar-refractivity contribution < 1.29 is 9.53 Å². The Morgan fingerprint density at radius 2 is 1.86 bits per heavy atom. The molecule has 0 saturated carbocycles. The molecule has 0 spiro atoms. The summed E-state index contributed by atoms with van der Waals surface area (Å²) in [5.41, 5.74) is 0.966. The third kappa shape index (κ3) is 5.40. The van der Waals surface area contributed by atoms with E-state index in [1.807, 2.05) is 24.3 Å².